The van der Waals surface area contributed by atoms with Crippen molar-refractivity contribution in [3.05, 3.63) is 71.0 Å². The summed E-state index contributed by atoms with van der Waals surface area (Å²) >= 11 is 0. The van der Waals surface area contributed by atoms with E-state index in [0.717, 1.165) is 37.2 Å². The Balaban J connectivity index is 1.60. The molecule has 0 bridgehead atoms. The standard InChI is InChI=1S/C20H21F4NO/c21-18-6-4-15(5-7-18)19-8-9-25-11-16(19)13-26-12-14-2-1-3-17(10-14)20(22,23)24/h1-7,10,16,19,25H,8-9,11-13H2. The van der Waals surface area contributed by atoms with Gasteiger partial charge in [-0.3, -0.25) is 0 Å². The molecule has 1 N–H and O–H groups in total. The first-order valence-electron chi connectivity index (χ1n) is 8.63. The van der Waals surface area contributed by atoms with Crippen LogP contribution in [-0.2, 0) is 17.5 Å². The van der Waals surface area contributed by atoms with Gasteiger partial charge < -0.3 is 10.1 Å². The molecule has 0 aliphatic carbocycles. The molecule has 2 nitrogen and oxygen atoms in total. The van der Waals surface area contributed by atoms with Crippen LogP contribution in [0.5, 0.6) is 0 Å². The van der Waals surface area contributed by atoms with E-state index in [1.807, 2.05) is 0 Å². The lowest BCUT2D eigenvalue weighted by Gasteiger charge is -2.32. The minimum atomic E-state index is -4.35. The van der Waals surface area contributed by atoms with Gasteiger partial charge in [-0.25, -0.2) is 4.39 Å². The highest BCUT2D eigenvalue weighted by Crippen LogP contribution is 2.32. The molecule has 3 rings (SSSR count). The summed E-state index contributed by atoms with van der Waals surface area (Å²) in [5.41, 5.74) is 0.907. The highest BCUT2D eigenvalue weighted by molar-refractivity contribution is 5.25. The van der Waals surface area contributed by atoms with Crippen LogP contribution < -0.4 is 5.32 Å². The third-order valence-corrected chi connectivity index (χ3v) is 4.76. The van der Waals surface area contributed by atoms with Crippen molar-refractivity contribution in [2.75, 3.05) is 19.7 Å². The number of hydrogen-bond acceptors (Lipinski definition) is 2. The Labute approximate surface area is 150 Å². The van der Waals surface area contributed by atoms with Gasteiger partial charge in [0.1, 0.15) is 5.82 Å². The Morgan fingerprint density at radius 1 is 1.08 bits per heavy atom. The van der Waals surface area contributed by atoms with Crippen LogP contribution in [0.1, 0.15) is 29.0 Å². The van der Waals surface area contributed by atoms with Crippen LogP contribution in [0.2, 0.25) is 0 Å². The van der Waals surface area contributed by atoms with Crippen LogP contribution in [-0.4, -0.2) is 19.7 Å². The molecular weight excluding hydrogens is 346 g/mol. The first kappa shape index (κ1) is 18.9. The van der Waals surface area contributed by atoms with E-state index in [-0.39, 0.29) is 24.3 Å². The fourth-order valence-electron chi connectivity index (χ4n) is 3.41. The Morgan fingerprint density at radius 2 is 1.85 bits per heavy atom. The van der Waals surface area contributed by atoms with Gasteiger partial charge in [-0.1, -0.05) is 24.3 Å². The van der Waals surface area contributed by atoms with Crippen LogP contribution in [0.4, 0.5) is 17.6 Å². The van der Waals surface area contributed by atoms with Crippen molar-refractivity contribution >= 4 is 0 Å². The maximum atomic E-state index is 13.1. The molecule has 0 spiro atoms. The average molecular weight is 367 g/mol. The number of alkyl halides is 3. The number of nitrogens with one attached hydrogen (secondary N) is 1. The maximum Gasteiger partial charge on any atom is 0.416 e. The lowest BCUT2D eigenvalue weighted by atomic mass is 9.81. The summed E-state index contributed by atoms with van der Waals surface area (Å²) in [6.45, 7) is 2.22. The maximum absolute atomic E-state index is 13.1. The zero-order valence-electron chi connectivity index (χ0n) is 14.2. The number of piperidine rings is 1. The lowest BCUT2D eigenvalue weighted by Crippen LogP contribution is -2.37. The number of hydrogen-bond donors (Lipinski definition) is 1. The van der Waals surface area contributed by atoms with Gasteiger partial charge >= 0.3 is 6.18 Å². The highest BCUT2D eigenvalue weighted by Gasteiger charge is 2.30. The number of rotatable bonds is 5. The molecule has 0 radical (unpaired) electrons. The summed E-state index contributed by atoms with van der Waals surface area (Å²) in [7, 11) is 0. The molecule has 2 aromatic carbocycles. The second kappa shape index (κ2) is 8.18. The topological polar surface area (TPSA) is 21.3 Å². The van der Waals surface area contributed by atoms with Gasteiger partial charge in [0.25, 0.3) is 0 Å². The van der Waals surface area contributed by atoms with Crippen LogP contribution in [0.25, 0.3) is 0 Å². The third-order valence-electron chi connectivity index (χ3n) is 4.76. The van der Waals surface area contributed by atoms with Crippen LogP contribution >= 0.6 is 0 Å². The van der Waals surface area contributed by atoms with E-state index in [1.54, 1.807) is 18.2 Å². The first-order valence-corrected chi connectivity index (χ1v) is 8.63. The van der Waals surface area contributed by atoms with E-state index < -0.39 is 11.7 Å². The molecule has 1 saturated heterocycles. The number of benzene rings is 2. The summed E-state index contributed by atoms with van der Waals surface area (Å²) in [4.78, 5) is 0. The molecule has 0 amide bonds. The second-order valence-corrected chi connectivity index (χ2v) is 6.62. The summed E-state index contributed by atoms with van der Waals surface area (Å²) in [5.74, 6) is 0.179. The Kier molecular flexibility index (Phi) is 5.94. The molecule has 0 aromatic heterocycles. The first-order chi connectivity index (χ1) is 12.4. The zero-order chi connectivity index (χ0) is 18.6. The monoisotopic (exact) mass is 367 g/mol. The summed E-state index contributed by atoms with van der Waals surface area (Å²) in [6, 6.07) is 11.7. The van der Waals surface area contributed by atoms with Crippen molar-refractivity contribution in [2.24, 2.45) is 5.92 Å². The van der Waals surface area contributed by atoms with Crippen molar-refractivity contribution in [2.45, 2.75) is 25.1 Å². The number of ether oxygens (including phenoxy) is 1. The summed E-state index contributed by atoms with van der Waals surface area (Å²) in [5, 5.41) is 3.32. The van der Waals surface area contributed by atoms with Gasteiger partial charge in [0, 0.05) is 12.5 Å². The van der Waals surface area contributed by atoms with Crippen molar-refractivity contribution < 1.29 is 22.3 Å². The molecule has 2 aromatic rings. The quantitative estimate of drug-likeness (QED) is 0.770. The van der Waals surface area contributed by atoms with Crippen LogP contribution in [0.3, 0.4) is 0 Å². The summed E-state index contributed by atoms with van der Waals surface area (Å²) in [6.07, 6.45) is -3.43. The molecular formula is C20H21F4NO. The smallest absolute Gasteiger partial charge is 0.376 e. The summed E-state index contributed by atoms with van der Waals surface area (Å²) < 4.78 is 57.2. The molecule has 0 saturated carbocycles. The Morgan fingerprint density at radius 3 is 2.58 bits per heavy atom. The van der Waals surface area contributed by atoms with Gasteiger partial charge in [0.2, 0.25) is 0 Å². The fourth-order valence-corrected chi connectivity index (χ4v) is 3.41. The van der Waals surface area contributed by atoms with Gasteiger partial charge in [-0.15, -0.1) is 0 Å². The second-order valence-electron chi connectivity index (χ2n) is 6.62. The van der Waals surface area contributed by atoms with E-state index in [9.17, 15) is 17.6 Å². The molecule has 1 aliphatic rings. The predicted molar refractivity (Wildman–Crippen MR) is 91.2 cm³/mol. The van der Waals surface area contributed by atoms with Crippen LogP contribution in [0, 0.1) is 11.7 Å². The zero-order valence-corrected chi connectivity index (χ0v) is 14.2. The average Bonchev–Trinajstić information content (AvgIpc) is 2.62. The lowest BCUT2D eigenvalue weighted by molar-refractivity contribution is -0.137. The Bertz CT molecular complexity index is 714. The Hall–Kier alpha value is -1.92. The minimum Gasteiger partial charge on any atom is -0.376 e. The van der Waals surface area contributed by atoms with E-state index in [1.165, 1.54) is 18.2 Å². The van der Waals surface area contributed by atoms with Crippen molar-refractivity contribution in [1.29, 1.82) is 0 Å². The SMILES string of the molecule is Fc1ccc(C2CCNCC2COCc2cccc(C(F)(F)F)c2)cc1. The van der Waals surface area contributed by atoms with Gasteiger partial charge in [-0.2, -0.15) is 13.2 Å². The van der Waals surface area contributed by atoms with Crippen molar-refractivity contribution in [1.82, 2.24) is 5.32 Å². The molecule has 140 valence electrons. The van der Waals surface area contributed by atoms with Gasteiger partial charge in [0.05, 0.1) is 18.8 Å². The minimum absolute atomic E-state index is 0.135. The fraction of sp³-hybridized carbons (Fsp3) is 0.400. The predicted octanol–water partition coefficient (Wildman–Crippen LogP) is 4.75. The largest absolute Gasteiger partial charge is 0.416 e. The van der Waals surface area contributed by atoms with E-state index >= 15 is 0 Å². The van der Waals surface area contributed by atoms with Gasteiger partial charge in [0.15, 0.2) is 0 Å². The molecule has 1 fully saturated rings. The molecule has 1 aliphatic heterocycles. The molecule has 6 heteroatoms. The number of halogens is 4. The molecule has 2 atom stereocenters. The van der Waals surface area contributed by atoms with E-state index in [2.05, 4.69) is 5.32 Å². The van der Waals surface area contributed by atoms with Crippen molar-refractivity contribution in [3.63, 3.8) is 0 Å². The molecule has 1 heterocycles. The normalized spacial score (nSPS) is 20.9. The van der Waals surface area contributed by atoms with Crippen LogP contribution in [0.15, 0.2) is 48.5 Å². The highest BCUT2D eigenvalue weighted by atomic mass is 19.4. The van der Waals surface area contributed by atoms with E-state index in [4.69, 9.17) is 4.74 Å². The van der Waals surface area contributed by atoms with E-state index in [0.29, 0.717) is 12.2 Å². The third kappa shape index (κ3) is 4.83. The molecule has 2 unspecified atom stereocenters. The van der Waals surface area contributed by atoms with Gasteiger partial charge in [-0.05, 0) is 54.3 Å². The molecule has 26 heavy (non-hydrogen) atoms. The van der Waals surface area contributed by atoms with Crippen molar-refractivity contribution in [3.8, 4) is 0 Å².